The Morgan fingerprint density at radius 2 is 1.81 bits per heavy atom. The minimum Gasteiger partial charge on any atom is -0.315 e. The summed E-state index contributed by atoms with van der Waals surface area (Å²) in [7, 11) is 6.56. The summed E-state index contributed by atoms with van der Waals surface area (Å²) in [5.74, 6) is 0. The standard InChI is InChI=1S/C19H32N2/c1-6-19(7-2,21(4)5)18(20-3)14-15-11-12-16-9-8-10-17(16)13-15/h11-13,18,20H,6-10,14H2,1-5H3. The topological polar surface area (TPSA) is 15.3 Å². The van der Waals surface area contributed by atoms with Crippen molar-refractivity contribution in [2.45, 2.75) is 64.0 Å². The molecule has 0 saturated heterocycles. The van der Waals surface area contributed by atoms with Gasteiger partial charge in [0.25, 0.3) is 0 Å². The molecular weight excluding hydrogens is 256 g/mol. The van der Waals surface area contributed by atoms with Crippen molar-refractivity contribution >= 4 is 0 Å². The van der Waals surface area contributed by atoms with E-state index in [9.17, 15) is 0 Å². The van der Waals surface area contributed by atoms with E-state index in [4.69, 9.17) is 0 Å². The summed E-state index contributed by atoms with van der Waals surface area (Å²) in [4.78, 5) is 2.42. The zero-order valence-corrected chi connectivity index (χ0v) is 14.5. The third-order valence-electron chi connectivity index (χ3n) is 5.71. The minimum absolute atomic E-state index is 0.230. The van der Waals surface area contributed by atoms with Crippen LogP contribution in [-0.2, 0) is 19.3 Å². The average molecular weight is 288 g/mol. The van der Waals surface area contributed by atoms with Crippen molar-refractivity contribution in [1.29, 1.82) is 0 Å². The highest BCUT2D eigenvalue weighted by Crippen LogP contribution is 2.29. The van der Waals surface area contributed by atoms with Crippen molar-refractivity contribution in [3.8, 4) is 0 Å². The molecule has 0 radical (unpaired) electrons. The van der Waals surface area contributed by atoms with Gasteiger partial charge in [0, 0.05) is 11.6 Å². The van der Waals surface area contributed by atoms with E-state index >= 15 is 0 Å². The van der Waals surface area contributed by atoms with Gasteiger partial charge in [-0.3, -0.25) is 0 Å². The molecule has 1 unspecified atom stereocenters. The van der Waals surface area contributed by atoms with E-state index < -0.39 is 0 Å². The van der Waals surface area contributed by atoms with E-state index in [1.165, 1.54) is 37.7 Å². The number of likely N-dealkylation sites (N-methyl/N-ethyl adjacent to an activating group) is 2. The zero-order chi connectivity index (χ0) is 15.5. The molecule has 2 heteroatoms. The first-order valence-electron chi connectivity index (χ1n) is 8.52. The number of hydrogen-bond donors (Lipinski definition) is 1. The van der Waals surface area contributed by atoms with E-state index in [2.05, 4.69) is 63.4 Å². The summed E-state index contributed by atoms with van der Waals surface area (Å²) in [6.45, 7) is 4.63. The normalized spacial score (nSPS) is 16.3. The van der Waals surface area contributed by atoms with E-state index in [0.717, 1.165) is 6.42 Å². The third kappa shape index (κ3) is 3.17. The number of nitrogens with one attached hydrogen (secondary N) is 1. The molecule has 0 aliphatic heterocycles. The number of rotatable bonds is 7. The van der Waals surface area contributed by atoms with Crippen LogP contribution in [0.15, 0.2) is 18.2 Å². The Hall–Kier alpha value is -0.860. The molecule has 0 amide bonds. The van der Waals surface area contributed by atoms with Crippen molar-refractivity contribution in [2.75, 3.05) is 21.1 Å². The number of benzene rings is 1. The van der Waals surface area contributed by atoms with Crippen LogP contribution >= 0.6 is 0 Å². The lowest BCUT2D eigenvalue weighted by atomic mass is 9.80. The lowest BCUT2D eigenvalue weighted by molar-refractivity contribution is 0.0917. The molecule has 1 aromatic rings. The summed E-state index contributed by atoms with van der Waals surface area (Å²) in [5.41, 5.74) is 4.88. The highest BCUT2D eigenvalue weighted by molar-refractivity contribution is 5.35. The molecule has 118 valence electrons. The van der Waals surface area contributed by atoms with Gasteiger partial charge >= 0.3 is 0 Å². The lowest BCUT2D eigenvalue weighted by Crippen LogP contribution is -2.58. The molecule has 1 aromatic carbocycles. The molecule has 0 bridgehead atoms. The fraction of sp³-hybridized carbons (Fsp3) is 0.684. The van der Waals surface area contributed by atoms with Crippen LogP contribution in [0, 0.1) is 0 Å². The molecule has 0 aromatic heterocycles. The fourth-order valence-electron chi connectivity index (χ4n) is 4.24. The van der Waals surface area contributed by atoms with Gasteiger partial charge in [0.2, 0.25) is 0 Å². The minimum atomic E-state index is 0.230. The van der Waals surface area contributed by atoms with Gasteiger partial charge in [-0.15, -0.1) is 0 Å². The summed E-state index contributed by atoms with van der Waals surface area (Å²) >= 11 is 0. The Balaban J connectivity index is 2.22. The second kappa shape index (κ2) is 6.93. The molecule has 1 atom stereocenters. The predicted octanol–water partition coefficient (Wildman–Crippen LogP) is 3.43. The first-order valence-corrected chi connectivity index (χ1v) is 8.52. The van der Waals surface area contributed by atoms with Crippen LogP contribution in [0.3, 0.4) is 0 Å². The van der Waals surface area contributed by atoms with Gasteiger partial charge in [0.05, 0.1) is 0 Å². The van der Waals surface area contributed by atoms with Crippen molar-refractivity contribution < 1.29 is 0 Å². The summed E-state index contributed by atoms with van der Waals surface area (Å²) < 4.78 is 0. The number of nitrogens with zero attached hydrogens (tertiary/aromatic N) is 1. The van der Waals surface area contributed by atoms with Crippen LogP contribution in [0.2, 0.25) is 0 Å². The van der Waals surface area contributed by atoms with Crippen LogP contribution in [0.5, 0.6) is 0 Å². The maximum absolute atomic E-state index is 3.60. The Morgan fingerprint density at radius 3 is 2.38 bits per heavy atom. The van der Waals surface area contributed by atoms with Crippen LogP contribution in [0.4, 0.5) is 0 Å². The second-order valence-corrected chi connectivity index (χ2v) is 6.71. The monoisotopic (exact) mass is 288 g/mol. The average Bonchev–Trinajstić information content (AvgIpc) is 2.95. The van der Waals surface area contributed by atoms with Gasteiger partial charge in [-0.25, -0.2) is 0 Å². The first kappa shape index (κ1) is 16.5. The van der Waals surface area contributed by atoms with E-state index in [1.807, 2.05) is 0 Å². The second-order valence-electron chi connectivity index (χ2n) is 6.71. The quantitative estimate of drug-likeness (QED) is 0.827. The molecule has 0 fully saturated rings. The molecular formula is C19H32N2. The molecule has 1 aliphatic carbocycles. The highest BCUT2D eigenvalue weighted by Gasteiger charge is 2.36. The van der Waals surface area contributed by atoms with Gasteiger partial charge in [-0.1, -0.05) is 32.0 Å². The van der Waals surface area contributed by atoms with E-state index in [1.54, 1.807) is 11.1 Å². The van der Waals surface area contributed by atoms with Crippen LogP contribution in [0.25, 0.3) is 0 Å². The number of hydrogen-bond acceptors (Lipinski definition) is 2. The smallest absolute Gasteiger partial charge is 0.0354 e. The van der Waals surface area contributed by atoms with Gasteiger partial charge in [-0.2, -0.15) is 0 Å². The SMILES string of the molecule is CCC(CC)(C(Cc1ccc2c(c1)CCC2)NC)N(C)C. The van der Waals surface area contributed by atoms with Crippen molar-refractivity contribution in [2.24, 2.45) is 0 Å². The largest absolute Gasteiger partial charge is 0.315 e. The number of fused-ring (bicyclic) bond motifs is 1. The molecule has 0 saturated carbocycles. The van der Waals surface area contributed by atoms with E-state index in [0.29, 0.717) is 6.04 Å². The Kier molecular flexibility index (Phi) is 5.45. The fourth-order valence-corrected chi connectivity index (χ4v) is 4.24. The zero-order valence-electron chi connectivity index (χ0n) is 14.5. The molecule has 2 rings (SSSR count). The lowest BCUT2D eigenvalue weighted by Gasteiger charge is -2.45. The summed E-state index contributed by atoms with van der Waals surface area (Å²) in [5, 5.41) is 3.60. The first-order chi connectivity index (χ1) is 10.1. The van der Waals surface area contributed by atoms with Crippen LogP contribution in [-0.4, -0.2) is 37.6 Å². The molecule has 1 aliphatic rings. The number of aryl methyl sites for hydroxylation is 2. The molecule has 21 heavy (non-hydrogen) atoms. The van der Waals surface area contributed by atoms with Gasteiger partial charge in [0.15, 0.2) is 0 Å². The molecule has 2 nitrogen and oxygen atoms in total. The Bertz CT molecular complexity index is 461. The maximum atomic E-state index is 3.60. The maximum Gasteiger partial charge on any atom is 0.0354 e. The molecule has 0 spiro atoms. The van der Waals surface area contributed by atoms with Crippen LogP contribution in [0.1, 0.15) is 49.8 Å². The summed E-state index contributed by atoms with van der Waals surface area (Å²) in [6, 6.07) is 7.65. The predicted molar refractivity (Wildman–Crippen MR) is 92.0 cm³/mol. The molecule has 0 heterocycles. The Morgan fingerprint density at radius 1 is 1.14 bits per heavy atom. The summed E-state index contributed by atoms with van der Waals surface area (Å²) in [6.07, 6.45) is 7.34. The van der Waals surface area contributed by atoms with Crippen LogP contribution < -0.4 is 5.32 Å². The van der Waals surface area contributed by atoms with Gasteiger partial charge in [0.1, 0.15) is 0 Å². The third-order valence-corrected chi connectivity index (χ3v) is 5.71. The molecule has 1 N–H and O–H groups in total. The van der Waals surface area contributed by atoms with E-state index in [-0.39, 0.29) is 5.54 Å². The van der Waals surface area contributed by atoms with Gasteiger partial charge in [-0.05, 0) is 76.4 Å². The Labute approximate surface area is 130 Å². The van der Waals surface area contributed by atoms with Crippen molar-refractivity contribution in [1.82, 2.24) is 10.2 Å². The highest BCUT2D eigenvalue weighted by atomic mass is 15.2. The van der Waals surface area contributed by atoms with Crippen molar-refractivity contribution in [3.05, 3.63) is 34.9 Å². The van der Waals surface area contributed by atoms with Gasteiger partial charge < -0.3 is 10.2 Å². The van der Waals surface area contributed by atoms with Crippen molar-refractivity contribution in [3.63, 3.8) is 0 Å².